The van der Waals surface area contributed by atoms with Crippen LogP contribution in [0.15, 0.2) is 40.5 Å². The molecule has 2 rings (SSSR count). The molecule has 0 unspecified atom stereocenters. The van der Waals surface area contributed by atoms with Gasteiger partial charge in [-0.15, -0.1) is 0 Å². The Kier molecular flexibility index (Phi) is 3.97. The predicted octanol–water partition coefficient (Wildman–Crippen LogP) is 3.80. The van der Waals surface area contributed by atoms with Gasteiger partial charge in [0, 0.05) is 29.3 Å². The second-order valence-corrected chi connectivity index (χ2v) is 5.31. The summed E-state index contributed by atoms with van der Waals surface area (Å²) in [5.41, 5.74) is 0. The van der Waals surface area contributed by atoms with Gasteiger partial charge < -0.3 is 0 Å². The molecule has 3 nitrogen and oxygen atoms in total. The molecule has 88 valence electrons. The normalized spacial score (nSPS) is 10.8. The van der Waals surface area contributed by atoms with E-state index in [0.717, 1.165) is 15.7 Å². The SMILES string of the molecule is CC(C)c1nc(Cl)cc(Sc2ccncc2)n1. The van der Waals surface area contributed by atoms with Gasteiger partial charge in [0.05, 0.1) is 0 Å². The lowest BCUT2D eigenvalue weighted by Gasteiger charge is -2.06. The Bertz CT molecular complexity index is 502. The van der Waals surface area contributed by atoms with E-state index in [9.17, 15) is 0 Å². The first-order chi connectivity index (χ1) is 8.15. The third-order valence-corrected chi connectivity index (χ3v) is 3.20. The molecule has 17 heavy (non-hydrogen) atoms. The number of pyridine rings is 1. The third-order valence-electron chi connectivity index (χ3n) is 2.08. The van der Waals surface area contributed by atoms with Gasteiger partial charge in [-0.05, 0) is 12.1 Å². The smallest absolute Gasteiger partial charge is 0.133 e. The molecule has 0 aromatic carbocycles. The van der Waals surface area contributed by atoms with Crippen molar-refractivity contribution in [3.05, 3.63) is 41.6 Å². The van der Waals surface area contributed by atoms with Crippen LogP contribution in [0, 0.1) is 0 Å². The zero-order chi connectivity index (χ0) is 12.3. The van der Waals surface area contributed by atoms with Gasteiger partial charge in [0.15, 0.2) is 0 Å². The fourth-order valence-electron chi connectivity index (χ4n) is 1.25. The summed E-state index contributed by atoms with van der Waals surface area (Å²) < 4.78 is 0. The van der Waals surface area contributed by atoms with E-state index in [-0.39, 0.29) is 5.92 Å². The van der Waals surface area contributed by atoms with Crippen LogP contribution in [0.1, 0.15) is 25.6 Å². The number of hydrogen-bond acceptors (Lipinski definition) is 4. The average Bonchev–Trinajstić information content (AvgIpc) is 2.29. The number of hydrogen-bond donors (Lipinski definition) is 0. The van der Waals surface area contributed by atoms with Crippen molar-refractivity contribution in [3.63, 3.8) is 0 Å². The van der Waals surface area contributed by atoms with E-state index in [1.165, 1.54) is 0 Å². The van der Waals surface area contributed by atoms with Crippen molar-refractivity contribution in [3.8, 4) is 0 Å². The molecule has 0 aliphatic heterocycles. The van der Waals surface area contributed by atoms with Crippen LogP contribution in [0.5, 0.6) is 0 Å². The fraction of sp³-hybridized carbons (Fsp3) is 0.250. The molecule has 0 saturated heterocycles. The van der Waals surface area contributed by atoms with Crippen LogP contribution in [0.25, 0.3) is 0 Å². The first-order valence-corrected chi connectivity index (χ1v) is 6.47. The van der Waals surface area contributed by atoms with Gasteiger partial charge in [0.2, 0.25) is 0 Å². The summed E-state index contributed by atoms with van der Waals surface area (Å²) in [6, 6.07) is 5.66. The number of halogens is 1. The molecule has 2 aromatic heterocycles. The lowest BCUT2D eigenvalue weighted by Crippen LogP contribution is -1.98. The summed E-state index contributed by atoms with van der Waals surface area (Å²) in [5.74, 6) is 1.04. The van der Waals surface area contributed by atoms with Crippen molar-refractivity contribution in [1.29, 1.82) is 0 Å². The summed E-state index contributed by atoms with van der Waals surface area (Å²) in [6.45, 7) is 4.10. The summed E-state index contributed by atoms with van der Waals surface area (Å²) >= 11 is 7.54. The Balaban J connectivity index is 2.27. The number of nitrogens with zero attached hydrogens (tertiary/aromatic N) is 3. The first-order valence-electron chi connectivity index (χ1n) is 5.27. The maximum atomic E-state index is 5.98. The molecule has 0 atom stereocenters. The topological polar surface area (TPSA) is 38.7 Å². The van der Waals surface area contributed by atoms with Gasteiger partial charge in [-0.2, -0.15) is 0 Å². The van der Waals surface area contributed by atoms with Crippen molar-refractivity contribution >= 4 is 23.4 Å². The standard InChI is InChI=1S/C12H12ClN3S/c1-8(2)12-15-10(13)7-11(16-12)17-9-3-5-14-6-4-9/h3-8H,1-2H3. The highest BCUT2D eigenvalue weighted by Crippen LogP contribution is 2.27. The Morgan fingerprint density at radius 1 is 1.18 bits per heavy atom. The highest BCUT2D eigenvalue weighted by molar-refractivity contribution is 7.99. The minimum atomic E-state index is 0.269. The highest BCUT2D eigenvalue weighted by Gasteiger charge is 2.08. The van der Waals surface area contributed by atoms with Crippen LogP contribution in [0.2, 0.25) is 5.15 Å². The van der Waals surface area contributed by atoms with Crippen molar-refractivity contribution in [1.82, 2.24) is 15.0 Å². The maximum Gasteiger partial charge on any atom is 0.133 e. The molecule has 0 bridgehead atoms. The quantitative estimate of drug-likeness (QED) is 0.792. The van der Waals surface area contributed by atoms with E-state index < -0.39 is 0 Å². The van der Waals surface area contributed by atoms with E-state index in [1.54, 1.807) is 30.2 Å². The van der Waals surface area contributed by atoms with Crippen molar-refractivity contribution in [2.75, 3.05) is 0 Å². The Morgan fingerprint density at radius 3 is 2.53 bits per heavy atom. The largest absolute Gasteiger partial charge is 0.265 e. The minimum Gasteiger partial charge on any atom is -0.265 e. The average molecular weight is 266 g/mol. The zero-order valence-corrected chi connectivity index (χ0v) is 11.2. The molecule has 0 N–H and O–H groups in total. The summed E-state index contributed by atoms with van der Waals surface area (Å²) in [6.07, 6.45) is 3.52. The molecule has 0 fully saturated rings. The van der Waals surface area contributed by atoms with Gasteiger partial charge >= 0.3 is 0 Å². The van der Waals surface area contributed by atoms with Crippen LogP contribution in [-0.4, -0.2) is 15.0 Å². The van der Waals surface area contributed by atoms with Gasteiger partial charge in [-0.25, -0.2) is 9.97 Å². The fourth-order valence-corrected chi connectivity index (χ4v) is 2.31. The van der Waals surface area contributed by atoms with Gasteiger partial charge in [0.25, 0.3) is 0 Å². The van der Waals surface area contributed by atoms with Crippen molar-refractivity contribution in [2.24, 2.45) is 0 Å². The monoisotopic (exact) mass is 265 g/mol. The molecule has 2 heterocycles. The maximum absolute atomic E-state index is 5.98. The Morgan fingerprint density at radius 2 is 1.88 bits per heavy atom. The second kappa shape index (κ2) is 5.47. The predicted molar refractivity (Wildman–Crippen MR) is 69.5 cm³/mol. The molecule has 0 saturated carbocycles. The minimum absolute atomic E-state index is 0.269. The van der Waals surface area contributed by atoms with E-state index >= 15 is 0 Å². The van der Waals surface area contributed by atoms with E-state index in [1.807, 2.05) is 26.0 Å². The van der Waals surface area contributed by atoms with E-state index in [4.69, 9.17) is 11.6 Å². The van der Waals surface area contributed by atoms with Gasteiger partial charge in [-0.3, -0.25) is 4.98 Å². The molecule has 0 aliphatic rings. The van der Waals surface area contributed by atoms with Crippen molar-refractivity contribution < 1.29 is 0 Å². The molecule has 0 radical (unpaired) electrons. The second-order valence-electron chi connectivity index (χ2n) is 3.83. The third kappa shape index (κ3) is 3.41. The summed E-state index contributed by atoms with van der Waals surface area (Å²) in [4.78, 5) is 13.7. The van der Waals surface area contributed by atoms with E-state index in [2.05, 4.69) is 15.0 Å². The lowest BCUT2D eigenvalue weighted by molar-refractivity contribution is 0.753. The Hall–Kier alpha value is -1.13. The van der Waals surface area contributed by atoms with Crippen molar-refractivity contribution in [2.45, 2.75) is 29.7 Å². The summed E-state index contributed by atoms with van der Waals surface area (Å²) in [7, 11) is 0. The molecule has 5 heteroatoms. The molecule has 0 aliphatic carbocycles. The lowest BCUT2D eigenvalue weighted by atomic mass is 10.2. The highest BCUT2D eigenvalue weighted by atomic mass is 35.5. The van der Waals surface area contributed by atoms with Crippen LogP contribution in [0.4, 0.5) is 0 Å². The summed E-state index contributed by atoms with van der Waals surface area (Å²) in [5, 5.41) is 1.35. The molecular weight excluding hydrogens is 254 g/mol. The van der Waals surface area contributed by atoms with Gasteiger partial charge in [0.1, 0.15) is 16.0 Å². The van der Waals surface area contributed by atoms with Crippen LogP contribution >= 0.6 is 23.4 Å². The van der Waals surface area contributed by atoms with Crippen LogP contribution in [-0.2, 0) is 0 Å². The zero-order valence-electron chi connectivity index (χ0n) is 9.59. The molecule has 0 amide bonds. The van der Waals surface area contributed by atoms with Crippen LogP contribution in [0.3, 0.4) is 0 Å². The molecular formula is C12H12ClN3S. The number of aromatic nitrogens is 3. The Labute approximate surface area is 110 Å². The molecule has 2 aromatic rings. The van der Waals surface area contributed by atoms with Crippen LogP contribution < -0.4 is 0 Å². The number of rotatable bonds is 3. The van der Waals surface area contributed by atoms with Gasteiger partial charge in [-0.1, -0.05) is 37.2 Å². The van der Waals surface area contributed by atoms with E-state index in [0.29, 0.717) is 5.15 Å². The first kappa shape index (κ1) is 12.3. The molecule has 0 spiro atoms.